The molecule has 7 nitrogen and oxygen atoms in total. The molecule has 7 atom stereocenters. The molecule has 0 aliphatic carbocycles. The van der Waals surface area contributed by atoms with Crippen LogP contribution in [0, 0.1) is 0 Å². The molecule has 0 aromatic heterocycles. The molecule has 0 aromatic rings. The molecule has 2 aliphatic rings. The highest BCUT2D eigenvalue weighted by Crippen LogP contribution is 2.55. The molecule has 4 radical (unpaired) electrons. The first-order chi connectivity index (χ1) is 12.5. The number of methoxy groups -OCH3 is 2. The Labute approximate surface area is 176 Å². The summed E-state index contributed by atoms with van der Waals surface area (Å²) < 4.78 is 34.2. The Bertz CT molecular complexity index is 637. The van der Waals surface area contributed by atoms with E-state index in [0.717, 1.165) is 0 Å². The van der Waals surface area contributed by atoms with Gasteiger partial charge in [-0.05, 0) is 59.3 Å². The minimum Gasteiger partial charge on any atom is -0.382 e. The van der Waals surface area contributed by atoms with E-state index in [1.165, 1.54) is 0 Å². The van der Waals surface area contributed by atoms with Gasteiger partial charge in [-0.15, -0.1) is 0 Å². The Morgan fingerprint density at radius 2 is 1.71 bits per heavy atom. The molecular weight excluding hydrogens is 401 g/mol. The van der Waals surface area contributed by atoms with E-state index in [4.69, 9.17) is 55.5 Å². The van der Waals surface area contributed by atoms with Crippen LogP contribution in [-0.2, 0) is 39.8 Å². The summed E-state index contributed by atoms with van der Waals surface area (Å²) in [7, 11) is 15.4. The van der Waals surface area contributed by atoms with Gasteiger partial charge in [0.2, 0.25) is 0 Å². The summed E-state index contributed by atoms with van der Waals surface area (Å²) in [5, 5.41) is 0. The number of hydrogen-bond donors (Lipinski definition) is 1. The van der Waals surface area contributed by atoms with E-state index in [9.17, 15) is 4.89 Å². The molecular formula is C17H31B2O7PS. The van der Waals surface area contributed by atoms with E-state index in [2.05, 4.69) is 0 Å². The van der Waals surface area contributed by atoms with Crippen molar-refractivity contribution in [1.82, 2.24) is 0 Å². The predicted molar refractivity (Wildman–Crippen MR) is 111 cm³/mol. The molecule has 0 spiro atoms. The molecule has 0 bridgehead atoms. The minimum atomic E-state index is -3.66. The fraction of sp³-hybridized carbons (Fsp3) is 1.00. The van der Waals surface area contributed by atoms with Gasteiger partial charge < -0.3 is 28.4 Å². The quantitative estimate of drug-likeness (QED) is 0.460. The van der Waals surface area contributed by atoms with Crippen molar-refractivity contribution in [2.24, 2.45) is 0 Å². The van der Waals surface area contributed by atoms with Gasteiger partial charge in [0.15, 0.2) is 0 Å². The zero-order chi connectivity index (χ0) is 21.6. The van der Waals surface area contributed by atoms with Gasteiger partial charge >= 0.3 is 6.72 Å². The monoisotopic (exact) mass is 432 g/mol. The summed E-state index contributed by atoms with van der Waals surface area (Å²) in [4.78, 5) is 10.8. The standard InChI is InChI=1S/C17H31B2O7PS/c1-13(9-16(4,18)24-12(13)8-21-6)26-27(20,28)23-11-15(3)14(2,22-7)10-17(5,19)25-15/h12H,8-11H2,1-7H3,(H,20,28)/t12?,13-,14-,15?,16?,17?,27?/m1/s1. The van der Waals surface area contributed by atoms with Gasteiger partial charge in [-0.2, -0.15) is 0 Å². The van der Waals surface area contributed by atoms with Crippen LogP contribution < -0.4 is 0 Å². The van der Waals surface area contributed by atoms with E-state index in [1.54, 1.807) is 35.0 Å². The lowest BCUT2D eigenvalue weighted by molar-refractivity contribution is -0.152. The van der Waals surface area contributed by atoms with Crippen LogP contribution in [0.15, 0.2) is 0 Å². The highest BCUT2D eigenvalue weighted by molar-refractivity contribution is 8.07. The van der Waals surface area contributed by atoms with Crippen LogP contribution in [0.1, 0.15) is 47.5 Å². The van der Waals surface area contributed by atoms with Crippen LogP contribution in [0.2, 0.25) is 0 Å². The molecule has 2 fully saturated rings. The van der Waals surface area contributed by atoms with Crippen molar-refractivity contribution in [3.8, 4) is 0 Å². The average Bonchev–Trinajstić information content (AvgIpc) is 2.83. The molecule has 0 aromatic carbocycles. The Morgan fingerprint density at radius 3 is 2.25 bits per heavy atom. The molecule has 0 amide bonds. The second-order valence-corrected chi connectivity index (χ2v) is 11.7. The van der Waals surface area contributed by atoms with E-state index in [0.29, 0.717) is 12.8 Å². The summed E-state index contributed by atoms with van der Waals surface area (Å²) >= 11 is 5.27. The molecule has 0 saturated carbocycles. The zero-order valence-electron chi connectivity index (χ0n) is 17.8. The summed E-state index contributed by atoms with van der Waals surface area (Å²) in [5.74, 6) is 0. The summed E-state index contributed by atoms with van der Waals surface area (Å²) in [5.41, 5.74) is -4.43. The van der Waals surface area contributed by atoms with E-state index in [1.807, 2.05) is 13.8 Å². The Morgan fingerprint density at radius 1 is 1.11 bits per heavy atom. The second kappa shape index (κ2) is 7.88. The molecule has 11 heteroatoms. The third kappa shape index (κ3) is 5.21. The largest absolute Gasteiger partial charge is 0.382 e. The fourth-order valence-corrected chi connectivity index (χ4v) is 6.08. The third-order valence-electron chi connectivity index (χ3n) is 5.66. The lowest BCUT2D eigenvalue weighted by Gasteiger charge is -2.39. The SMILES string of the molecule is [B]C1(C)C[C@@](C)(OP(O)(=S)OCC2(C)OC([B])(C)C[C@@]2(C)OC)C(COC)O1. The van der Waals surface area contributed by atoms with Crippen LogP contribution in [-0.4, -0.2) is 81.9 Å². The van der Waals surface area contributed by atoms with Crippen molar-refractivity contribution in [3.63, 3.8) is 0 Å². The Kier molecular flexibility index (Phi) is 6.97. The highest BCUT2D eigenvalue weighted by atomic mass is 32.5. The highest BCUT2D eigenvalue weighted by Gasteiger charge is 2.58. The van der Waals surface area contributed by atoms with E-state index in [-0.39, 0.29) is 13.2 Å². The van der Waals surface area contributed by atoms with Gasteiger partial charge in [-0.1, -0.05) is 0 Å². The van der Waals surface area contributed by atoms with Gasteiger partial charge in [0, 0.05) is 25.2 Å². The second-order valence-electron chi connectivity index (χ2n) is 8.95. The molecule has 158 valence electrons. The van der Waals surface area contributed by atoms with Crippen LogP contribution in [0.25, 0.3) is 0 Å². The number of ether oxygens (including phenoxy) is 4. The van der Waals surface area contributed by atoms with Crippen molar-refractivity contribution < 1.29 is 32.9 Å². The topological polar surface area (TPSA) is 75.6 Å². The van der Waals surface area contributed by atoms with Crippen molar-refractivity contribution in [2.75, 3.05) is 27.4 Å². The number of hydrogen-bond acceptors (Lipinski definition) is 7. The number of rotatable bonds is 8. The van der Waals surface area contributed by atoms with E-state index < -0.39 is 40.6 Å². The van der Waals surface area contributed by atoms with Crippen molar-refractivity contribution in [2.45, 2.75) is 81.4 Å². The lowest BCUT2D eigenvalue weighted by Crippen LogP contribution is -2.51. The first-order valence-electron chi connectivity index (χ1n) is 9.19. The minimum absolute atomic E-state index is 0.0519. The van der Waals surface area contributed by atoms with Crippen LogP contribution >= 0.6 is 6.72 Å². The first-order valence-corrected chi connectivity index (χ1v) is 11.8. The van der Waals surface area contributed by atoms with E-state index >= 15 is 0 Å². The van der Waals surface area contributed by atoms with Crippen molar-refractivity contribution >= 4 is 34.2 Å². The van der Waals surface area contributed by atoms with Crippen LogP contribution in [0.3, 0.4) is 0 Å². The molecule has 2 saturated heterocycles. The zero-order valence-corrected chi connectivity index (χ0v) is 19.5. The van der Waals surface area contributed by atoms with Crippen LogP contribution in [0.4, 0.5) is 0 Å². The maximum atomic E-state index is 10.8. The van der Waals surface area contributed by atoms with Gasteiger partial charge in [-0.25, -0.2) is 0 Å². The normalized spacial score (nSPS) is 48.6. The maximum Gasteiger partial charge on any atom is 0.325 e. The molecule has 1 N–H and O–H groups in total. The third-order valence-corrected chi connectivity index (χ3v) is 7.30. The Balaban J connectivity index is 2.12. The molecule has 5 unspecified atom stereocenters. The summed E-state index contributed by atoms with van der Waals surface area (Å²) in [6, 6.07) is 0. The lowest BCUT2D eigenvalue weighted by atomic mass is 9.75. The summed E-state index contributed by atoms with van der Waals surface area (Å²) in [6.07, 6.45) is 0.277. The van der Waals surface area contributed by atoms with Crippen molar-refractivity contribution in [1.29, 1.82) is 0 Å². The van der Waals surface area contributed by atoms with Gasteiger partial charge in [0.1, 0.15) is 33.0 Å². The maximum absolute atomic E-state index is 10.8. The molecule has 2 rings (SSSR count). The smallest absolute Gasteiger partial charge is 0.325 e. The van der Waals surface area contributed by atoms with Gasteiger partial charge in [-0.3, -0.25) is 4.52 Å². The molecule has 2 aliphatic heterocycles. The Hall–Kier alpha value is 0.500. The van der Waals surface area contributed by atoms with Crippen molar-refractivity contribution in [3.05, 3.63) is 0 Å². The van der Waals surface area contributed by atoms with Gasteiger partial charge in [0.25, 0.3) is 0 Å². The molecule has 2 heterocycles. The average molecular weight is 432 g/mol. The van der Waals surface area contributed by atoms with Crippen LogP contribution in [0.5, 0.6) is 0 Å². The molecule has 28 heavy (non-hydrogen) atoms. The summed E-state index contributed by atoms with van der Waals surface area (Å²) in [6.45, 7) is 5.52. The van der Waals surface area contributed by atoms with Gasteiger partial charge in [0.05, 0.1) is 18.8 Å². The fourth-order valence-electron chi connectivity index (χ4n) is 4.24. The predicted octanol–water partition coefficient (Wildman–Crippen LogP) is 1.78. The first kappa shape index (κ1) is 24.8.